The lowest BCUT2D eigenvalue weighted by molar-refractivity contribution is -0.116. The Hall–Kier alpha value is -3.29. The zero-order valence-corrected chi connectivity index (χ0v) is 20.9. The average molecular weight is 492 g/mol. The lowest BCUT2D eigenvalue weighted by Crippen LogP contribution is -2.20. The number of amides is 1. The number of unbranched alkanes of at least 4 members (excludes halogenated alkanes) is 1. The van der Waals surface area contributed by atoms with Gasteiger partial charge < -0.3 is 10.1 Å². The summed E-state index contributed by atoms with van der Waals surface area (Å²) in [7, 11) is 0. The predicted octanol–water partition coefficient (Wildman–Crippen LogP) is 5.24. The molecule has 36 heavy (non-hydrogen) atoms. The number of aryl methyl sites for hydroxylation is 3. The van der Waals surface area contributed by atoms with Crippen molar-refractivity contribution in [1.82, 2.24) is 20.0 Å². The standard InChI is InChI=1S/C28H34FN5O2/c1-2-21(22-9-11-25(29)26(14-22)36-18-19-7-8-19)17-34-24(16-31-33-34)6-4-3-5-20-13-23-10-12-27(35)32-28(23)30-15-20/h9,11,13-16,19,21H,2-8,10,12,17-18H2,1H3,(H,30,32,35). The summed E-state index contributed by atoms with van der Waals surface area (Å²) >= 11 is 0. The number of nitrogens with one attached hydrogen (secondary N) is 1. The van der Waals surface area contributed by atoms with Crippen LogP contribution < -0.4 is 10.1 Å². The number of carbonyl (C=O) groups is 1. The second kappa shape index (κ2) is 11.2. The van der Waals surface area contributed by atoms with Crippen molar-refractivity contribution < 1.29 is 13.9 Å². The van der Waals surface area contributed by atoms with Gasteiger partial charge in [0.25, 0.3) is 0 Å². The zero-order valence-electron chi connectivity index (χ0n) is 20.9. The van der Waals surface area contributed by atoms with Crippen molar-refractivity contribution in [2.45, 2.75) is 77.2 Å². The van der Waals surface area contributed by atoms with Crippen LogP contribution in [0.15, 0.2) is 36.7 Å². The molecule has 2 aliphatic rings. The fourth-order valence-electron chi connectivity index (χ4n) is 4.76. The first kappa shape index (κ1) is 24.4. The van der Waals surface area contributed by atoms with Crippen LogP contribution in [0.25, 0.3) is 0 Å². The quantitative estimate of drug-likeness (QED) is 0.350. The minimum atomic E-state index is -0.297. The number of hydrogen-bond donors (Lipinski definition) is 1. The molecule has 1 unspecified atom stereocenters. The molecule has 190 valence electrons. The van der Waals surface area contributed by atoms with Gasteiger partial charge in [-0.15, -0.1) is 5.10 Å². The van der Waals surface area contributed by atoms with Gasteiger partial charge in [-0.25, -0.2) is 14.1 Å². The summed E-state index contributed by atoms with van der Waals surface area (Å²) in [4.78, 5) is 16.0. The third-order valence-electron chi connectivity index (χ3n) is 7.23. The van der Waals surface area contributed by atoms with Gasteiger partial charge in [0.15, 0.2) is 11.6 Å². The SMILES string of the molecule is CCC(Cn1nncc1CCCCc1cnc2c(c1)CCC(=O)N2)c1ccc(F)c(OCC2CC2)c1. The Morgan fingerprint density at radius 1 is 1.17 bits per heavy atom. The molecule has 1 saturated carbocycles. The van der Waals surface area contributed by atoms with Crippen LogP contribution in [-0.2, 0) is 30.6 Å². The van der Waals surface area contributed by atoms with Crippen molar-refractivity contribution >= 4 is 11.7 Å². The van der Waals surface area contributed by atoms with Crippen molar-refractivity contribution in [3.05, 3.63) is 64.9 Å². The van der Waals surface area contributed by atoms with E-state index < -0.39 is 0 Å². The molecule has 1 N–H and O–H groups in total. The minimum Gasteiger partial charge on any atom is -0.490 e. The summed E-state index contributed by atoms with van der Waals surface area (Å²) in [6.45, 7) is 3.45. The Balaban J connectivity index is 1.15. The molecule has 3 aromatic rings. The highest BCUT2D eigenvalue weighted by atomic mass is 19.1. The second-order valence-electron chi connectivity index (χ2n) is 10.1. The summed E-state index contributed by atoms with van der Waals surface area (Å²) < 4.78 is 22.0. The Kier molecular flexibility index (Phi) is 7.58. The van der Waals surface area contributed by atoms with E-state index in [-0.39, 0.29) is 17.6 Å². The topological polar surface area (TPSA) is 81.9 Å². The van der Waals surface area contributed by atoms with Gasteiger partial charge in [-0.05, 0) is 86.1 Å². The van der Waals surface area contributed by atoms with Crippen LogP contribution in [0.1, 0.15) is 73.8 Å². The van der Waals surface area contributed by atoms with Gasteiger partial charge in [-0.3, -0.25) is 4.79 Å². The number of aromatic nitrogens is 4. The van der Waals surface area contributed by atoms with E-state index in [1.807, 2.05) is 29.2 Å². The molecule has 1 aliphatic heterocycles. The number of hydrogen-bond acceptors (Lipinski definition) is 5. The van der Waals surface area contributed by atoms with Crippen LogP contribution in [0.3, 0.4) is 0 Å². The van der Waals surface area contributed by atoms with E-state index in [0.29, 0.717) is 37.1 Å². The first-order valence-corrected chi connectivity index (χ1v) is 13.2. The maximum atomic E-state index is 14.3. The lowest BCUT2D eigenvalue weighted by atomic mass is 9.96. The Morgan fingerprint density at radius 3 is 2.86 bits per heavy atom. The van der Waals surface area contributed by atoms with Crippen molar-refractivity contribution in [3.8, 4) is 5.75 Å². The number of rotatable bonds is 12. The number of carbonyl (C=O) groups excluding carboxylic acids is 1. The summed E-state index contributed by atoms with van der Waals surface area (Å²) in [5.74, 6) is 1.60. The van der Waals surface area contributed by atoms with Gasteiger partial charge in [0.05, 0.1) is 18.5 Å². The summed E-state index contributed by atoms with van der Waals surface area (Å²) in [6.07, 6.45) is 12.2. The molecule has 2 aromatic heterocycles. The van der Waals surface area contributed by atoms with Gasteiger partial charge in [0, 0.05) is 25.1 Å². The molecule has 3 heterocycles. The van der Waals surface area contributed by atoms with Gasteiger partial charge in [0.2, 0.25) is 5.91 Å². The third kappa shape index (κ3) is 6.09. The lowest BCUT2D eigenvalue weighted by Gasteiger charge is -2.18. The summed E-state index contributed by atoms with van der Waals surface area (Å²) in [5.41, 5.74) is 4.52. The number of nitrogens with zero attached hydrogens (tertiary/aromatic N) is 4. The number of halogens is 1. The normalized spacial score (nSPS) is 15.9. The predicted molar refractivity (Wildman–Crippen MR) is 136 cm³/mol. The summed E-state index contributed by atoms with van der Waals surface area (Å²) in [5, 5.41) is 11.3. The number of ether oxygens (including phenoxy) is 1. The third-order valence-corrected chi connectivity index (χ3v) is 7.23. The fraction of sp³-hybridized carbons (Fsp3) is 0.500. The van der Waals surface area contributed by atoms with E-state index in [9.17, 15) is 9.18 Å². The van der Waals surface area contributed by atoms with E-state index in [4.69, 9.17) is 4.74 Å². The highest BCUT2D eigenvalue weighted by Crippen LogP contribution is 2.32. The van der Waals surface area contributed by atoms with Crippen LogP contribution in [0.2, 0.25) is 0 Å². The van der Waals surface area contributed by atoms with Gasteiger partial charge in [0.1, 0.15) is 5.82 Å². The molecule has 1 fully saturated rings. The molecule has 5 rings (SSSR count). The van der Waals surface area contributed by atoms with E-state index in [1.165, 1.54) is 24.5 Å². The molecular weight excluding hydrogens is 457 g/mol. The molecule has 0 saturated heterocycles. The minimum absolute atomic E-state index is 0.0417. The molecule has 0 radical (unpaired) electrons. The molecule has 1 aromatic carbocycles. The highest BCUT2D eigenvalue weighted by Gasteiger charge is 2.23. The molecule has 0 bridgehead atoms. The molecule has 0 spiro atoms. The largest absolute Gasteiger partial charge is 0.490 e. The van der Waals surface area contributed by atoms with Crippen molar-refractivity contribution in [2.75, 3.05) is 11.9 Å². The van der Waals surface area contributed by atoms with Crippen molar-refractivity contribution in [2.24, 2.45) is 5.92 Å². The number of fused-ring (bicyclic) bond motifs is 1. The molecule has 8 heteroatoms. The van der Waals surface area contributed by atoms with Gasteiger partial charge in [-0.2, -0.15) is 0 Å². The first-order chi connectivity index (χ1) is 17.6. The highest BCUT2D eigenvalue weighted by molar-refractivity contribution is 5.92. The van der Waals surface area contributed by atoms with Crippen LogP contribution in [0.5, 0.6) is 5.75 Å². The molecule has 1 amide bonds. The average Bonchev–Trinajstić information content (AvgIpc) is 3.62. The fourth-order valence-corrected chi connectivity index (χ4v) is 4.76. The molecule has 1 aliphatic carbocycles. The van der Waals surface area contributed by atoms with Crippen LogP contribution >= 0.6 is 0 Å². The molecule has 1 atom stereocenters. The van der Waals surface area contributed by atoms with Crippen LogP contribution in [0, 0.1) is 11.7 Å². The second-order valence-corrected chi connectivity index (χ2v) is 10.1. The van der Waals surface area contributed by atoms with Crippen LogP contribution in [-0.4, -0.2) is 32.5 Å². The maximum Gasteiger partial charge on any atom is 0.225 e. The van der Waals surface area contributed by atoms with Crippen LogP contribution in [0.4, 0.5) is 10.2 Å². The van der Waals surface area contributed by atoms with Gasteiger partial charge >= 0.3 is 0 Å². The maximum absolute atomic E-state index is 14.3. The first-order valence-electron chi connectivity index (χ1n) is 13.2. The Morgan fingerprint density at radius 2 is 2.03 bits per heavy atom. The Labute approximate surface area is 211 Å². The van der Waals surface area contributed by atoms with E-state index >= 15 is 0 Å². The van der Waals surface area contributed by atoms with E-state index in [0.717, 1.165) is 55.3 Å². The molecule has 7 nitrogen and oxygen atoms in total. The number of benzene rings is 1. The van der Waals surface area contributed by atoms with Crippen molar-refractivity contribution in [3.63, 3.8) is 0 Å². The van der Waals surface area contributed by atoms with Crippen molar-refractivity contribution in [1.29, 1.82) is 0 Å². The van der Waals surface area contributed by atoms with E-state index in [2.05, 4.69) is 33.6 Å². The Bertz CT molecular complexity index is 1210. The smallest absolute Gasteiger partial charge is 0.225 e. The number of anilines is 1. The van der Waals surface area contributed by atoms with E-state index in [1.54, 1.807) is 0 Å². The molecular formula is C28H34FN5O2. The number of pyridine rings is 1. The monoisotopic (exact) mass is 491 g/mol. The summed E-state index contributed by atoms with van der Waals surface area (Å²) in [6, 6.07) is 7.42. The zero-order chi connectivity index (χ0) is 24.9. The van der Waals surface area contributed by atoms with Gasteiger partial charge in [-0.1, -0.05) is 24.3 Å².